The third-order valence-corrected chi connectivity index (χ3v) is 5.62. The normalized spacial score (nSPS) is 12.9. The summed E-state index contributed by atoms with van der Waals surface area (Å²) in [5.41, 5.74) is 4.09. The molecule has 0 unspecified atom stereocenters. The Kier molecular flexibility index (Phi) is 10.1. The molecule has 0 atom stereocenters. The van der Waals surface area contributed by atoms with E-state index in [2.05, 4.69) is 22.4 Å². The molecule has 0 saturated carbocycles. The van der Waals surface area contributed by atoms with Crippen LogP contribution >= 0.6 is 0 Å². The molecular formula is C26H32F3N3O3. The van der Waals surface area contributed by atoms with Gasteiger partial charge in [-0.25, -0.2) is 0 Å². The highest BCUT2D eigenvalue weighted by atomic mass is 19.4. The van der Waals surface area contributed by atoms with Gasteiger partial charge in [-0.15, -0.1) is 0 Å². The van der Waals surface area contributed by atoms with E-state index in [-0.39, 0.29) is 18.1 Å². The van der Waals surface area contributed by atoms with Crippen LogP contribution in [0.25, 0.3) is 0 Å². The Morgan fingerprint density at radius 3 is 2.57 bits per heavy atom. The number of anilines is 1. The molecule has 3 rings (SSSR count). The Labute approximate surface area is 204 Å². The van der Waals surface area contributed by atoms with Crippen LogP contribution < -0.4 is 19.7 Å². The number of fused-ring (bicyclic) bond motifs is 1. The zero-order chi connectivity index (χ0) is 25.1. The molecule has 2 aromatic rings. The van der Waals surface area contributed by atoms with Crippen LogP contribution in [-0.4, -0.2) is 58.8 Å². The minimum Gasteiger partial charge on any atom is -0.488 e. The second-order valence-corrected chi connectivity index (χ2v) is 8.25. The first-order valence-electron chi connectivity index (χ1n) is 11.9. The van der Waals surface area contributed by atoms with Crippen LogP contribution in [-0.2, 0) is 17.6 Å². The van der Waals surface area contributed by atoms with E-state index in [9.17, 15) is 18.4 Å². The number of nitrogens with one attached hydrogen (secondary N) is 1. The quantitative estimate of drug-likeness (QED) is 0.393. The van der Waals surface area contributed by atoms with Gasteiger partial charge in [0.1, 0.15) is 12.7 Å². The molecule has 0 spiro atoms. The van der Waals surface area contributed by atoms with Gasteiger partial charge in [0.2, 0.25) is 0 Å². The molecule has 0 radical (unpaired) electrons. The highest BCUT2D eigenvalue weighted by Gasteiger charge is 2.29. The lowest BCUT2D eigenvalue weighted by molar-refractivity contribution is -0.153. The number of hydrogen-bond acceptors (Lipinski definition) is 6. The van der Waals surface area contributed by atoms with Crippen molar-refractivity contribution >= 4 is 5.69 Å². The minimum absolute atomic E-state index is 0.0685. The van der Waals surface area contributed by atoms with E-state index >= 15 is 0 Å². The molecule has 0 aromatic heterocycles. The van der Waals surface area contributed by atoms with Crippen molar-refractivity contribution in [3.05, 3.63) is 53.1 Å². The molecule has 0 amide bonds. The van der Waals surface area contributed by atoms with Crippen LogP contribution in [0.2, 0.25) is 0 Å². The predicted molar refractivity (Wildman–Crippen MR) is 128 cm³/mol. The van der Waals surface area contributed by atoms with Gasteiger partial charge in [-0.1, -0.05) is 18.2 Å². The van der Waals surface area contributed by atoms with Crippen molar-refractivity contribution in [3.8, 4) is 17.6 Å². The predicted octanol–water partition coefficient (Wildman–Crippen LogP) is 4.50. The molecule has 35 heavy (non-hydrogen) atoms. The van der Waals surface area contributed by atoms with E-state index in [0.29, 0.717) is 25.3 Å². The second kappa shape index (κ2) is 13.2. The van der Waals surface area contributed by atoms with Crippen LogP contribution in [0.4, 0.5) is 18.9 Å². The summed E-state index contributed by atoms with van der Waals surface area (Å²) in [5, 5.41) is 13.0. The van der Waals surface area contributed by atoms with Gasteiger partial charge in [-0.2, -0.15) is 18.4 Å². The van der Waals surface area contributed by atoms with E-state index in [1.54, 1.807) is 18.2 Å². The van der Waals surface area contributed by atoms with Gasteiger partial charge in [0.05, 0.1) is 11.3 Å². The van der Waals surface area contributed by atoms with Crippen molar-refractivity contribution in [2.45, 2.75) is 32.4 Å². The Balaban J connectivity index is 1.44. The smallest absolute Gasteiger partial charge is 0.422 e. The Morgan fingerprint density at radius 2 is 1.86 bits per heavy atom. The van der Waals surface area contributed by atoms with Crippen LogP contribution in [0, 0.1) is 11.3 Å². The summed E-state index contributed by atoms with van der Waals surface area (Å²) >= 11 is 0. The number of rotatable bonds is 14. The van der Waals surface area contributed by atoms with Gasteiger partial charge in [0.25, 0.3) is 0 Å². The van der Waals surface area contributed by atoms with Gasteiger partial charge < -0.3 is 24.4 Å². The fourth-order valence-electron chi connectivity index (χ4n) is 4.09. The fourth-order valence-corrected chi connectivity index (χ4v) is 4.09. The van der Waals surface area contributed by atoms with Gasteiger partial charge >= 0.3 is 6.18 Å². The molecule has 1 aliphatic rings. The zero-order valence-corrected chi connectivity index (χ0v) is 20.0. The van der Waals surface area contributed by atoms with Crippen molar-refractivity contribution in [2.24, 2.45) is 0 Å². The number of alkyl halides is 3. The Bertz CT molecular complexity index is 992. The van der Waals surface area contributed by atoms with E-state index in [1.807, 2.05) is 13.0 Å². The first-order chi connectivity index (χ1) is 16.9. The fraction of sp³-hybridized carbons (Fsp3) is 0.500. The lowest BCUT2D eigenvalue weighted by Crippen LogP contribution is -2.24. The van der Waals surface area contributed by atoms with Gasteiger partial charge in [0.15, 0.2) is 18.1 Å². The Hall–Kier alpha value is -2.96. The van der Waals surface area contributed by atoms with Crippen LogP contribution in [0.15, 0.2) is 36.4 Å². The summed E-state index contributed by atoms with van der Waals surface area (Å²) < 4.78 is 53.1. The lowest BCUT2D eigenvalue weighted by Gasteiger charge is -2.21. The maximum absolute atomic E-state index is 12.4. The van der Waals surface area contributed by atoms with Crippen LogP contribution in [0.3, 0.4) is 0 Å². The second-order valence-electron chi connectivity index (χ2n) is 8.25. The molecule has 1 aliphatic heterocycles. The maximum Gasteiger partial charge on any atom is 0.422 e. The maximum atomic E-state index is 12.4. The first kappa shape index (κ1) is 26.6. The summed E-state index contributed by atoms with van der Waals surface area (Å²) in [6.07, 6.45) is -1.77. The average molecular weight is 492 g/mol. The lowest BCUT2D eigenvalue weighted by atomic mass is 10.0. The van der Waals surface area contributed by atoms with E-state index < -0.39 is 12.8 Å². The Morgan fingerprint density at radius 1 is 1.09 bits per heavy atom. The number of hydrogen-bond donors (Lipinski definition) is 1. The molecule has 0 aliphatic carbocycles. The van der Waals surface area contributed by atoms with Crippen LogP contribution in [0.1, 0.15) is 30.0 Å². The average Bonchev–Trinajstić information content (AvgIpc) is 3.25. The molecule has 0 bridgehead atoms. The molecule has 1 N–H and O–H groups in total. The number of nitriles is 1. The monoisotopic (exact) mass is 491 g/mol. The number of ether oxygens (including phenoxy) is 3. The topological polar surface area (TPSA) is 66.8 Å². The van der Waals surface area contributed by atoms with Gasteiger partial charge in [-0.05, 0) is 62.1 Å². The summed E-state index contributed by atoms with van der Waals surface area (Å²) in [4.78, 5) is 2.28. The molecule has 9 heteroatoms. The molecule has 6 nitrogen and oxygen atoms in total. The highest BCUT2D eigenvalue weighted by molar-refractivity contribution is 5.68. The summed E-state index contributed by atoms with van der Waals surface area (Å²) in [5.74, 6) is 0.348. The standard InChI is InChI=1S/C26H32F3N3O3/c1-2-33-14-5-12-32-13-9-21-16-20(17-22(18-30)25(21)32)8-10-31-11-15-34-23-6-3-4-7-24(23)35-19-26(27,28)29/h3-4,6-7,16-17,31H,2,5,8-15,19H2,1H3. The van der Waals surface area contributed by atoms with Gasteiger partial charge in [-0.3, -0.25) is 0 Å². The zero-order valence-electron chi connectivity index (χ0n) is 20.0. The molecule has 0 fully saturated rings. The van der Waals surface area contributed by atoms with Crippen molar-refractivity contribution < 1.29 is 27.4 Å². The molecular weight excluding hydrogens is 459 g/mol. The van der Waals surface area contributed by atoms with Gasteiger partial charge in [0, 0.05) is 32.8 Å². The number of benzene rings is 2. The summed E-state index contributed by atoms with van der Waals surface area (Å²) in [6, 6.07) is 12.8. The third-order valence-electron chi connectivity index (χ3n) is 5.62. The first-order valence-corrected chi connectivity index (χ1v) is 11.9. The SMILES string of the molecule is CCOCCCN1CCc2cc(CCNCCOc3ccccc3OCC(F)(F)F)cc(C#N)c21. The number of para-hydroxylation sites is 2. The third kappa shape index (κ3) is 8.34. The van der Waals surface area contributed by atoms with E-state index in [4.69, 9.17) is 14.2 Å². The van der Waals surface area contributed by atoms with Crippen molar-refractivity contribution in [2.75, 3.05) is 57.5 Å². The minimum atomic E-state index is -4.40. The molecule has 0 saturated heterocycles. The summed E-state index contributed by atoms with van der Waals surface area (Å²) in [6.45, 7) is 5.37. The van der Waals surface area contributed by atoms with E-state index in [1.165, 1.54) is 11.6 Å². The molecule has 2 aromatic carbocycles. The molecule has 1 heterocycles. The largest absolute Gasteiger partial charge is 0.488 e. The summed E-state index contributed by atoms with van der Waals surface area (Å²) in [7, 11) is 0. The van der Waals surface area contributed by atoms with E-state index in [0.717, 1.165) is 50.2 Å². The number of halogens is 3. The highest BCUT2D eigenvalue weighted by Crippen LogP contribution is 2.33. The van der Waals surface area contributed by atoms with Crippen molar-refractivity contribution in [3.63, 3.8) is 0 Å². The van der Waals surface area contributed by atoms with Crippen molar-refractivity contribution in [1.82, 2.24) is 5.32 Å². The molecule has 190 valence electrons. The van der Waals surface area contributed by atoms with Crippen molar-refractivity contribution in [1.29, 1.82) is 5.26 Å². The van der Waals surface area contributed by atoms with Crippen LogP contribution in [0.5, 0.6) is 11.5 Å². The number of nitrogens with zero attached hydrogens (tertiary/aromatic N) is 2.